The van der Waals surface area contributed by atoms with Gasteiger partial charge in [0, 0.05) is 26.9 Å². The van der Waals surface area contributed by atoms with Crippen LogP contribution in [0.25, 0.3) is 0 Å². The predicted octanol–water partition coefficient (Wildman–Crippen LogP) is 5.74. The van der Waals surface area contributed by atoms with E-state index in [2.05, 4.69) is 6.92 Å². The molecule has 0 saturated carbocycles. The van der Waals surface area contributed by atoms with Gasteiger partial charge in [0.2, 0.25) is 0 Å². The highest BCUT2D eigenvalue weighted by Gasteiger charge is 1.94. The van der Waals surface area contributed by atoms with Crippen molar-refractivity contribution in [1.82, 2.24) is 0 Å². The smallest absolute Gasteiger partial charge is 0.0487 e. The summed E-state index contributed by atoms with van der Waals surface area (Å²) in [6.45, 7) is 4.89. The maximum atomic E-state index is 5.55. The van der Waals surface area contributed by atoms with Crippen molar-refractivity contribution in [2.24, 2.45) is 0 Å². The molecule has 0 aliphatic rings. The summed E-state index contributed by atoms with van der Waals surface area (Å²) < 4.78 is 10.5. The van der Waals surface area contributed by atoms with E-state index in [9.17, 15) is 0 Å². The molecule has 0 saturated heterocycles. The monoisotopic (exact) mass is 286 g/mol. The van der Waals surface area contributed by atoms with Crippen molar-refractivity contribution in [3.05, 3.63) is 0 Å². The minimum Gasteiger partial charge on any atom is -0.385 e. The van der Waals surface area contributed by atoms with Crippen LogP contribution in [0.1, 0.15) is 90.4 Å². The van der Waals surface area contributed by atoms with E-state index >= 15 is 0 Å². The van der Waals surface area contributed by atoms with Gasteiger partial charge in [-0.25, -0.2) is 0 Å². The number of methoxy groups -OCH3 is 1. The second-order valence-corrected chi connectivity index (χ2v) is 5.85. The van der Waals surface area contributed by atoms with Crippen molar-refractivity contribution in [2.75, 3.05) is 26.9 Å². The minimum atomic E-state index is 0.818. The molecule has 0 aliphatic carbocycles. The normalized spacial score (nSPS) is 11.1. The first-order valence-electron chi connectivity index (χ1n) is 8.98. The summed E-state index contributed by atoms with van der Waals surface area (Å²) in [5, 5.41) is 0. The third-order valence-electron chi connectivity index (χ3n) is 3.78. The van der Waals surface area contributed by atoms with Crippen LogP contribution in [0.4, 0.5) is 0 Å². The van der Waals surface area contributed by atoms with Crippen LogP contribution in [0.15, 0.2) is 0 Å². The van der Waals surface area contributed by atoms with Gasteiger partial charge in [-0.15, -0.1) is 0 Å². The van der Waals surface area contributed by atoms with Crippen molar-refractivity contribution >= 4 is 0 Å². The quantitative estimate of drug-likeness (QED) is 0.317. The molecule has 0 fully saturated rings. The molecular formula is C18H38O2. The summed E-state index contributed by atoms with van der Waals surface area (Å²) in [4.78, 5) is 0. The van der Waals surface area contributed by atoms with Crippen molar-refractivity contribution in [2.45, 2.75) is 90.4 Å². The lowest BCUT2D eigenvalue weighted by Crippen LogP contribution is -2.00. The van der Waals surface area contributed by atoms with E-state index in [1.165, 1.54) is 77.0 Å². The summed E-state index contributed by atoms with van der Waals surface area (Å²) in [6.07, 6.45) is 17.8. The number of ether oxygens (including phenoxy) is 2. The lowest BCUT2D eigenvalue weighted by molar-refractivity contribution is 0.100. The van der Waals surface area contributed by atoms with Gasteiger partial charge in [0.15, 0.2) is 0 Å². The molecular weight excluding hydrogens is 248 g/mol. The Balaban J connectivity index is 2.89. The van der Waals surface area contributed by atoms with Crippen LogP contribution in [0, 0.1) is 0 Å². The van der Waals surface area contributed by atoms with E-state index in [1.807, 2.05) is 0 Å². The summed E-state index contributed by atoms with van der Waals surface area (Å²) >= 11 is 0. The first kappa shape index (κ1) is 19.9. The van der Waals surface area contributed by atoms with Gasteiger partial charge in [0.05, 0.1) is 0 Å². The van der Waals surface area contributed by atoms with Crippen LogP contribution in [0.3, 0.4) is 0 Å². The molecule has 0 aromatic rings. The summed E-state index contributed by atoms with van der Waals surface area (Å²) in [5.74, 6) is 0. The topological polar surface area (TPSA) is 18.5 Å². The standard InChI is InChI=1S/C18H38O2/c1-3-4-5-6-7-8-9-10-11-12-13-14-17-20-18-15-16-19-2/h3-18H2,1-2H3. The fourth-order valence-electron chi connectivity index (χ4n) is 2.45. The zero-order valence-corrected chi connectivity index (χ0v) is 14.1. The van der Waals surface area contributed by atoms with Crippen molar-refractivity contribution in [3.63, 3.8) is 0 Å². The van der Waals surface area contributed by atoms with Crippen molar-refractivity contribution in [3.8, 4) is 0 Å². The Morgan fingerprint density at radius 1 is 0.500 bits per heavy atom. The average molecular weight is 286 g/mol. The Bertz CT molecular complexity index is 141. The van der Waals surface area contributed by atoms with Gasteiger partial charge in [-0.1, -0.05) is 77.6 Å². The van der Waals surface area contributed by atoms with Gasteiger partial charge < -0.3 is 9.47 Å². The van der Waals surface area contributed by atoms with E-state index in [0.717, 1.165) is 26.2 Å². The largest absolute Gasteiger partial charge is 0.385 e. The van der Waals surface area contributed by atoms with Crippen LogP contribution in [-0.4, -0.2) is 26.9 Å². The molecule has 0 aliphatic heterocycles. The highest BCUT2D eigenvalue weighted by atomic mass is 16.5. The molecule has 0 aromatic heterocycles. The third kappa shape index (κ3) is 17.9. The van der Waals surface area contributed by atoms with Crippen LogP contribution < -0.4 is 0 Å². The molecule has 0 heterocycles. The SMILES string of the molecule is CCCCCCCCCCCCCCOCCCOC. The van der Waals surface area contributed by atoms with E-state index in [-0.39, 0.29) is 0 Å². The molecule has 20 heavy (non-hydrogen) atoms. The van der Waals surface area contributed by atoms with Gasteiger partial charge in [0.1, 0.15) is 0 Å². The van der Waals surface area contributed by atoms with Crippen LogP contribution in [0.5, 0.6) is 0 Å². The Labute approximate surface area is 127 Å². The molecule has 0 rings (SSSR count). The fourth-order valence-corrected chi connectivity index (χ4v) is 2.45. The van der Waals surface area contributed by atoms with E-state index in [1.54, 1.807) is 7.11 Å². The molecule has 0 bridgehead atoms. The van der Waals surface area contributed by atoms with Crippen LogP contribution in [-0.2, 0) is 9.47 Å². The first-order chi connectivity index (χ1) is 9.91. The van der Waals surface area contributed by atoms with Gasteiger partial charge in [-0.2, -0.15) is 0 Å². The molecule has 0 unspecified atom stereocenters. The van der Waals surface area contributed by atoms with Gasteiger partial charge >= 0.3 is 0 Å². The highest BCUT2D eigenvalue weighted by molar-refractivity contribution is 4.48. The van der Waals surface area contributed by atoms with Gasteiger partial charge in [0.25, 0.3) is 0 Å². The molecule has 0 N–H and O–H groups in total. The zero-order chi connectivity index (χ0) is 14.7. The van der Waals surface area contributed by atoms with E-state index < -0.39 is 0 Å². The van der Waals surface area contributed by atoms with Crippen LogP contribution >= 0.6 is 0 Å². The van der Waals surface area contributed by atoms with E-state index in [0.29, 0.717) is 0 Å². The minimum absolute atomic E-state index is 0.818. The molecule has 0 aromatic carbocycles. The molecule has 0 radical (unpaired) electrons. The van der Waals surface area contributed by atoms with E-state index in [4.69, 9.17) is 9.47 Å². The number of hydrogen-bond acceptors (Lipinski definition) is 2. The highest BCUT2D eigenvalue weighted by Crippen LogP contribution is 2.11. The lowest BCUT2D eigenvalue weighted by atomic mass is 10.1. The summed E-state index contributed by atoms with van der Waals surface area (Å²) in [7, 11) is 1.74. The Morgan fingerprint density at radius 2 is 0.950 bits per heavy atom. The lowest BCUT2D eigenvalue weighted by Gasteiger charge is -2.04. The summed E-state index contributed by atoms with van der Waals surface area (Å²) in [6, 6.07) is 0. The second-order valence-electron chi connectivity index (χ2n) is 5.85. The average Bonchev–Trinajstić information content (AvgIpc) is 2.47. The maximum Gasteiger partial charge on any atom is 0.0487 e. The van der Waals surface area contributed by atoms with Crippen molar-refractivity contribution < 1.29 is 9.47 Å². The summed E-state index contributed by atoms with van der Waals surface area (Å²) in [5.41, 5.74) is 0. The number of rotatable bonds is 17. The van der Waals surface area contributed by atoms with Crippen molar-refractivity contribution in [1.29, 1.82) is 0 Å². The van der Waals surface area contributed by atoms with Gasteiger partial charge in [-0.3, -0.25) is 0 Å². The molecule has 0 amide bonds. The maximum absolute atomic E-state index is 5.55. The number of unbranched alkanes of at least 4 members (excludes halogenated alkanes) is 11. The second kappa shape index (κ2) is 18.9. The molecule has 2 heteroatoms. The third-order valence-corrected chi connectivity index (χ3v) is 3.78. The molecule has 2 nitrogen and oxygen atoms in total. The molecule has 0 atom stereocenters. The first-order valence-corrected chi connectivity index (χ1v) is 8.98. The Kier molecular flexibility index (Phi) is 18.8. The van der Waals surface area contributed by atoms with Crippen LogP contribution in [0.2, 0.25) is 0 Å². The molecule has 122 valence electrons. The molecule has 0 spiro atoms. The predicted molar refractivity (Wildman–Crippen MR) is 88.4 cm³/mol. The zero-order valence-electron chi connectivity index (χ0n) is 14.1. The van der Waals surface area contributed by atoms with Gasteiger partial charge in [-0.05, 0) is 12.8 Å². The Hall–Kier alpha value is -0.0800. The fraction of sp³-hybridized carbons (Fsp3) is 1.00. The number of hydrogen-bond donors (Lipinski definition) is 0. The Morgan fingerprint density at radius 3 is 1.45 bits per heavy atom.